The zero-order valence-corrected chi connectivity index (χ0v) is 12.9. The fourth-order valence-corrected chi connectivity index (χ4v) is 3.19. The van der Waals surface area contributed by atoms with Crippen molar-refractivity contribution in [1.29, 1.82) is 0 Å². The molecule has 104 valence electrons. The van der Waals surface area contributed by atoms with E-state index in [1.165, 1.54) is 0 Å². The van der Waals surface area contributed by atoms with Gasteiger partial charge in [0.2, 0.25) is 0 Å². The van der Waals surface area contributed by atoms with E-state index in [0.717, 1.165) is 34.4 Å². The lowest BCUT2D eigenvalue weighted by molar-refractivity contribution is 0.336. The summed E-state index contributed by atoms with van der Waals surface area (Å²) in [5, 5.41) is 0. The average molecular weight is 278 g/mol. The molecule has 0 aliphatic heterocycles. The monoisotopic (exact) mass is 278 g/mol. The molecule has 0 aliphatic rings. The van der Waals surface area contributed by atoms with Gasteiger partial charge < -0.3 is 14.3 Å². The zero-order chi connectivity index (χ0) is 14.0. The molecule has 0 aliphatic carbocycles. The summed E-state index contributed by atoms with van der Waals surface area (Å²) >= 11 is 5.49. The highest BCUT2D eigenvalue weighted by Gasteiger charge is 2.18. The van der Waals surface area contributed by atoms with E-state index in [1.807, 2.05) is 12.1 Å². The lowest BCUT2D eigenvalue weighted by Gasteiger charge is -2.23. The van der Waals surface area contributed by atoms with Crippen LogP contribution in [-0.2, 0) is 0 Å². The van der Waals surface area contributed by atoms with Crippen LogP contribution in [0.3, 0.4) is 0 Å². The molecular formula is C15H22N2OS. The van der Waals surface area contributed by atoms with Crippen LogP contribution >= 0.6 is 12.2 Å². The molecule has 1 aromatic carbocycles. The Morgan fingerprint density at radius 2 is 2.00 bits per heavy atom. The van der Waals surface area contributed by atoms with E-state index in [2.05, 4.69) is 36.4 Å². The molecular weight excluding hydrogens is 256 g/mol. The third-order valence-corrected chi connectivity index (χ3v) is 4.36. The predicted molar refractivity (Wildman–Crippen MR) is 82.5 cm³/mol. The molecule has 1 heterocycles. The molecule has 0 amide bonds. The fourth-order valence-electron chi connectivity index (χ4n) is 2.81. The quantitative estimate of drug-likeness (QED) is 0.803. The van der Waals surface area contributed by atoms with Gasteiger partial charge in [-0.1, -0.05) is 26.7 Å². The zero-order valence-electron chi connectivity index (χ0n) is 12.1. The van der Waals surface area contributed by atoms with Gasteiger partial charge in [0.15, 0.2) is 4.77 Å². The molecule has 3 nitrogen and oxygen atoms in total. The summed E-state index contributed by atoms with van der Waals surface area (Å²) in [6.07, 6.45) is 2.33. The van der Waals surface area contributed by atoms with Crippen molar-refractivity contribution in [3.63, 3.8) is 0 Å². The van der Waals surface area contributed by atoms with Crippen LogP contribution in [0.5, 0.6) is 5.75 Å². The van der Waals surface area contributed by atoms with Crippen molar-refractivity contribution in [2.45, 2.75) is 39.7 Å². The topological polar surface area (TPSA) is 29.9 Å². The fraction of sp³-hybridized carbons (Fsp3) is 0.533. The molecule has 2 rings (SSSR count). The molecule has 0 saturated carbocycles. The summed E-state index contributed by atoms with van der Waals surface area (Å²) in [7, 11) is 1.69. The van der Waals surface area contributed by atoms with Gasteiger partial charge in [0.05, 0.1) is 18.1 Å². The van der Waals surface area contributed by atoms with Crippen LogP contribution in [0.1, 0.15) is 39.7 Å². The van der Waals surface area contributed by atoms with Crippen molar-refractivity contribution in [3.05, 3.63) is 23.0 Å². The molecule has 2 aromatic rings. The normalized spacial score (nSPS) is 13.1. The van der Waals surface area contributed by atoms with E-state index in [9.17, 15) is 0 Å². The molecule has 1 atom stereocenters. The van der Waals surface area contributed by atoms with Crippen molar-refractivity contribution in [3.8, 4) is 5.75 Å². The van der Waals surface area contributed by atoms with Crippen LogP contribution in [0.2, 0.25) is 0 Å². The third-order valence-electron chi connectivity index (χ3n) is 4.06. The highest BCUT2D eigenvalue weighted by atomic mass is 32.1. The predicted octanol–water partition coefficient (Wildman–Crippen LogP) is 4.70. The summed E-state index contributed by atoms with van der Waals surface area (Å²) in [5.41, 5.74) is 2.20. The Balaban J connectivity index is 2.58. The Morgan fingerprint density at radius 1 is 1.32 bits per heavy atom. The molecule has 1 unspecified atom stereocenters. The number of nitrogens with one attached hydrogen (secondary N) is 1. The van der Waals surface area contributed by atoms with Gasteiger partial charge >= 0.3 is 0 Å². The summed E-state index contributed by atoms with van der Waals surface area (Å²) in [5.74, 6) is 1.50. The maximum atomic E-state index is 5.49. The number of aromatic amines is 1. The lowest BCUT2D eigenvalue weighted by Crippen LogP contribution is -2.15. The number of aromatic nitrogens is 2. The standard InChI is InChI=1S/C15H22N2OS/c1-5-11(6-2)10(3)17-14-9-12(18-4)7-8-13(14)16-15(17)19/h7-11H,5-6H2,1-4H3,(H,16,19). The van der Waals surface area contributed by atoms with Crippen LogP contribution in [0.25, 0.3) is 11.0 Å². The molecule has 1 aromatic heterocycles. The van der Waals surface area contributed by atoms with E-state index in [0.29, 0.717) is 12.0 Å². The number of hydrogen-bond donors (Lipinski definition) is 1. The number of imidazole rings is 1. The highest BCUT2D eigenvalue weighted by Crippen LogP contribution is 2.30. The van der Waals surface area contributed by atoms with Gasteiger partial charge in [0, 0.05) is 12.1 Å². The Labute approximate surface area is 119 Å². The van der Waals surface area contributed by atoms with Crippen molar-refractivity contribution in [1.82, 2.24) is 9.55 Å². The summed E-state index contributed by atoms with van der Waals surface area (Å²) < 4.78 is 8.34. The highest BCUT2D eigenvalue weighted by molar-refractivity contribution is 7.71. The molecule has 1 N–H and O–H groups in total. The van der Waals surface area contributed by atoms with E-state index < -0.39 is 0 Å². The van der Waals surface area contributed by atoms with Crippen LogP contribution in [0.15, 0.2) is 18.2 Å². The van der Waals surface area contributed by atoms with Crippen LogP contribution in [-0.4, -0.2) is 16.7 Å². The first-order valence-electron chi connectivity index (χ1n) is 6.90. The first-order valence-corrected chi connectivity index (χ1v) is 7.31. The number of ether oxygens (including phenoxy) is 1. The maximum absolute atomic E-state index is 5.49. The second kappa shape index (κ2) is 5.78. The van der Waals surface area contributed by atoms with E-state index in [4.69, 9.17) is 17.0 Å². The Hall–Kier alpha value is -1.29. The second-order valence-corrected chi connectivity index (χ2v) is 5.39. The summed E-state index contributed by atoms with van der Waals surface area (Å²) in [6, 6.07) is 6.43. The number of nitrogens with zero attached hydrogens (tertiary/aromatic N) is 1. The minimum Gasteiger partial charge on any atom is -0.497 e. The van der Waals surface area contributed by atoms with Gasteiger partial charge in [0.25, 0.3) is 0 Å². The number of fused-ring (bicyclic) bond motifs is 1. The Bertz CT molecular complexity index is 610. The molecule has 0 saturated heterocycles. The minimum atomic E-state index is 0.392. The Morgan fingerprint density at radius 3 is 2.58 bits per heavy atom. The SMILES string of the molecule is CCC(CC)C(C)n1c(=S)[nH]c2ccc(OC)cc21. The molecule has 0 bridgehead atoms. The van der Waals surface area contributed by atoms with Gasteiger partial charge in [-0.15, -0.1) is 0 Å². The van der Waals surface area contributed by atoms with Crippen molar-refractivity contribution in [2.24, 2.45) is 5.92 Å². The van der Waals surface area contributed by atoms with Crippen molar-refractivity contribution >= 4 is 23.3 Å². The summed E-state index contributed by atoms with van der Waals surface area (Å²) in [4.78, 5) is 3.28. The molecule has 19 heavy (non-hydrogen) atoms. The van der Waals surface area contributed by atoms with Gasteiger partial charge in [-0.3, -0.25) is 0 Å². The van der Waals surface area contributed by atoms with Crippen LogP contribution in [0, 0.1) is 10.7 Å². The second-order valence-electron chi connectivity index (χ2n) is 5.00. The number of benzene rings is 1. The molecule has 0 spiro atoms. The lowest BCUT2D eigenvalue weighted by atomic mass is 9.95. The smallest absolute Gasteiger partial charge is 0.178 e. The van der Waals surface area contributed by atoms with E-state index >= 15 is 0 Å². The molecule has 0 fully saturated rings. The number of methoxy groups -OCH3 is 1. The van der Waals surface area contributed by atoms with Crippen molar-refractivity contribution < 1.29 is 4.74 Å². The number of rotatable bonds is 5. The maximum Gasteiger partial charge on any atom is 0.178 e. The van der Waals surface area contributed by atoms with Crippen LogP contribution < -0.4 is 4.74 Å². The Kier molecular flexibility index (Phi) is 4.30. The van der Waals surface area contributed by atoms with Gasteiger partial charge in [-0.05, 0) is 37.2 Å². The first kappa shape index (κ1) is 14.1. The number of hydrogen-bond acceptors (Lipinski definition) is 2. The molecule has 0 radical (unpaired) electrons. The van der Waals surface area contributed by atoms with Gasteiger partial charge in [-0.25, -0.2) is 0 Å². The van der Waals surface area contributed by atoms with Gasteiger partial charge in [0.1, 0.15) is 5.75 Å². The van der Waals surface area contributed by atoms with Crippen molar-refractivity contribution in [2.75, 3.05) is 7.11 Å². The first-order chi connectivity index (χ1) is 9.12. The molecule has 4 heteroatoms. The summed E-state index contributed by atoms with van der Waals surface area (Å²) in [6.45, 7) is 6.73. The average Bonchev–Trinajstić information content (AvgIpc) is 2.74. The minimum absolute atomic E-state index is 0.392. The van der Waals surface area contributed by atoms with E-state index in [1.54, 1.807) is 7.11 Å². The van der Waals surface area contributed by atoms with Gasteiger partial charge in [-0.2, -0.15) is 0 Å². The third kappa shape index (κ3) is 2.54. The number of H-pyrrole nitrogens is 1. The van der Waals surface area contributed by atoms with Crippen LogP contribution in [0.4, 0.5) is 0 Å². The van der Waals surface area contributed by atoms with E-state index in [-0.39, 0.29) is 0 Å². The largest absolute Gasteiger partial charge is 0.497 e.